The zero-order chi connectivity index (χ0) is 49.6. The first-order valence-corrected chi connectivity index (χ1v) is 26.9. The Morgan fingerprint density at radius 1 is 0.597 bits per heavy atom. The van der Waals surface area contributed by atoms with Crippen molar-refractivity contribution in [1.82, 2.24) is 5.32 Å². The first kappa shape index (κ1) is 58.8. The SMILES string of the molecule is CO[Si](CCCSCCCCCCCCO[C@@H]1OC(CO)[C@H](O)[C@H](O[C@@H]2OC(CO)[C@H](O)[C@H](O[C@@H]3OC(CO)[C@H](O)[C@H](O)C3C)C2O[C@@H]2OC(C)[C@H](O)[C@@H](O)C2O)C1NC(C)=O)(OC)C(C)C. The van der Waals surface area contributed by atoms with Gasteiger partial charge in [0, 0.05) is 33.7 Å². The minimum atomic E-state index is -2.15. The molecular weight excluding hydrogens is 927 g/mol. The largest absolute Gasteiger partial charge is 0.397 e. The van der Waals surface area contributed by atoms with Crippen molar-refractivity contribution in [2.75, 3.05) is 52.2 Å². The van der Waals surface area contributed by atoms with Gasteiger partial charge in [-0.1, -0.05) is 46.5 Å². The first-order valence-electron chi connectivity index (χ1n) is 23.6. The van der Waals surface area contributed by atoms with Gasteiger partial charge >= 0.3 is 8.56 Å². The molecule has 4 aliphatic heterocycles. The van der Waals surface area contributed by atoms with Crippen molar-refractivity contribution in [3.05, 3.63) is 0 Å². The Morgan fingerprint density at radius 2 is 1.12 bits per heavy atom. The quantitative estimate of drug-likeness (QED) is 0.0324. The summed E-state index contributed by atoms with van der Waals surface area (Å²) in [4.78, 5) is 12.7. The first-order chi connectivity index (χ1) is 31.9. The van der Waals surface area contributed by atoms with E-state index in [9.17, 15) is 55.9 Å². The molecule has 0 aromatic carbocycles. The molecule has 0 aromatic heterocycles. The van der Waals surface area contributed by atoms with Crippen LogP contribution in [0.15, 0.2) is 0 Å². The average Bonchev–Trinajstić information content (AvgIpc) is 3.30. The fourth-order valence-corrected chi connectivity index (χ4v) is 12.9. The number of amides is 1. The molecule has 1 amide bonds. The molecule has 24 heteroatoms. The second-order valence-corrected chi connectivity index (χ2v) is 23.6. The monoisotopic (exact) mass is 1010 g/mol. The minimum absolute atomic E-state index is 0.181. The van der Waals surface area contributed by atoms with Gasteiger partial charge in [0.05, 0.1) is 32.0 Å². The van der Waals surface area contributed by atoms with Gasteiger partial charge in [-0.25, -0.2) is 0 Å². The van der Waals surface area contributed by atoms with Gasteiger partial charge in [0.15, 0.2) is 25.2 Å². The molecule has 0 spiro atoms. The minimum Gasteiger partial charge on any atom is -0.397 e. The summed E-state index contributed by atoms with van der Waals surface area (Å²) in [7, 11) is 1.34. The molecule has 22 nitrogen and oxygen atoms in total. The van der Waals surface area contributed by atoms with E-state index in [2.05, 4.69) is 19.2 Å². The number of nitrogens with one attached hydrogen (secondary N) is 1. The lowest BCUT2D eigenvalue weighted by Gasteiger charge is -2.51. The summed E-state index contributed by atoms with van der Waals surface area (Å²) < 4.78 is 60.1. The van der Waals surface area contributed by atoms with Crippen LogP contribution in [0.25, 0.3) is 0 Å². The molecule has 67 heavy (non-hydrogen) atoms. The number of ether oxygens (including phenoxy) is 8. The predicted molar refractivity (Wildman–Crippen MR) is 240 cm³/mol. The molecule has 394 valence electrons. The molecule has 0 aromatic rings. The molecule has 4 rings (SSSR count). The van der Waals surface area contributed by atoms with Gasteiger partial charge in [0.2, 0.25) is 5.91 Å². The van der Waals surface area contributed by atoms with Crippen LogP contribution in [0.2, 0.25) is 11.6 Å². The van der Waals surface area contributed by atoms with Crippen molar-refractivity contribution in [2.45, 2.75) is 208 Å². The van der Waals surface area contributed by atoms with Gasteiger partial charge < -0.3 is 103 Å². The molecule has 4 saturated heterocycles. The van der Waals surface area contributed by atoms with Crippen molar-refractivity contribution in [1.29, 1.82) is 0 Å². The van der Waals surface area contributed by atoms with Gasteiger partial charge in [-0.05, 0) is 49.3 Å². The summed E-state index contributed by atoms with van der Waals surface area (Å²) in [5.41, 5.74) is 0.386. The summed E-state index contributed by atoms with van der Waals surface area (Å²) in [6.45, 7) is 6.33. The lowest BCUT2D eigenvalue weighted by molar-refractivity contribution is -0.399. The van der Waals surface area contributed by atoms with Crippen LogP contribution in [0.3, 0.4) is 0 Å². The van der Waals surface area contributed by atoms with Gasteiger partial charge in [-0.15, -0.1) is 0 Å². The molecule has 20 atom stereocenters. The fourth-order valence-electron chi connectivity index (χ4n) is 8.96. The molecule has 4 fully saturated rings. The Labute approximate surface area is 399 Å². The summed E-state index contributed by atoms with van der Waals surface area (Å²) >= 11 is 1.95. The number of carbonyl (C=O) groups is 1. The summed E-state index contributed by atoms with van der Waals surface area (Å²) in [6.07, 6.45) is -21.3. The lowest BCUT2D eigenvalue weighted by atomic mass is 9.91. The van der Waals surface area contributed by atoms with Crippen molar-refractivity contribution in [2.24, 2.45) is 5.92 Å². The lowest BCUT2D eigenvalue weighted by Crippen LogP contribution is -2.69. The molecular formula is C43H81NO21SSi. The maximum atomic E-state index is 12.7. The van der Waals surface area contributed by atoms with Crippen molar-refractivity contribution < 1.29 is 103 Å². The van der Waals surface area contributed by atoms with E-state index in [4.69, 9.17) is 46.7 Å². The number of carbonyl (C=O) groups excluding carboxylic acids is 1. The summed E-state index contributed by atoms with van der Waals surface area (Å²) in [5.74, 6) is 0.583. The van der Waals surface area contributed by atoms with Gasteiger partial charge in [0.1, 0.15) is 79.3 Å². The molecule has 4 aliphatic rings. The van der Waals surface area contributed by atoms with E-state index in [1.54, 1.807) is 14.2 Å². The van der Waals surface area contributed by atoms with Crippen LogP contribution in [0.5, 0.6) is 0 Å². The van der Waals surface area contributed by atoms with E-state index in [0.29, 0.717) is 12.0 Å². The Balaban J connectivity index is 1.45. The highest BCUT2D eigenvalue weighted by molar-refractivity contribution is 7.99. The van der Waals surface area contributed by atoms with E-state index in [1.165, 1.54) is 20.8 Å². The van der Waals surface area contributed by atoms with Crippen LogP contribution in [0, 0.1) is 5.92 Å². The third-order valence-electron chi connectivity index (χ3n) is 13.2. The number of rotatable bonds is 27. The molecule has 0 aliphatic carbocycles. The van der Waals surface area contributed by atoms with Gasteiger partial charge in [-0.2, -0.15) is 11.8 Å². The highest BCUT2D eigenvalue weighted by Gasteiger charge is 2.56. The topological polar surface area (TPSA) is 324 Å². The van der Waals surface area contributed by atoms with Gasteiger partial charge in [0.25, 0.3) is 0 Å². The number of aliphatic hydroxyl groups is 10. The third-order valence-corrected chi connectivity index (χ3v) is 18.6. The van der Waals surface area contributed by atoms with Crippen molar-refractivity contribution in [3.63, 3.8) is 0 Å². The molecule has 8 unspecified atom stereocenters. The Morgan fingerprint density at radius 3 is 1.72 bits per heavy atom. The standard InChI is InChI=1S/C43H81NO21SSi/c1-22(2)67(56-6,57-7)18-14-17-66-16-13-11-9-8-10-12-15-58-41-29(44-25(5)48)37(33(52)27(20-46)61-41)63-43-39(65-42-36(55)35(54)31(50)24(4)59-42)38(34(53)28(21-47)62-43)64-40-23(3)30(49)32(51)26(19-45)60-40/h22-24,26-43,45-47,49-55H,8-21H2,1-7H3,(H,44,48)/t23?,24?,26?,27?,28?,29?,30-,31+,32+,33+,34+,35-,36?,37-,38+,39?,40+,41-,42+,43+/m1/s1. The van der Waals surface area contributed by atoms with Gasteiger partial charge in [-0.3, -0.25) is 4.79 Å². The Hall–Kier alpha value is -0.763. The Kier molecular flexibility index (Phi) is 25.0. The number of hydrogen-bond acceptors (Lipinski definition) is 22. The van der Waals surface area contributed by atoms with Crippen molar-refractivity contribution in [3.8, 4) is 0 Å². The highest BCUT2D eigenvalue weighted by atomic mass is 32.2. The average molecular weight is 1010 g/mol. The molecule has 11 N–H and O–H groups in total. The van der Waals surface area contributed by atoms with Crippen LogP contribution in [0.4, 0.5) is 0 Å². The van der Waals surface area contributed by atoms with Crippen LogP contribution in [-0.2, 0) is 51.5 Å². The van der Waals surface area contributed by atoms with Crippen LogP contribution >= 0.6 is 11.8 Å². The summed E-state index contributed by atoms with van der Waals surface area (Å²) in [5, 5.41) is 110. The Bertz CT molecular complexity index is 1410. The summed E-state index contributed by atoms with van der Waals surface area (Å²) in [6, 6.07) is -0.290. The number of thioether (sulfide) groups is 1. The maximum Gasteiger partial charge on any atom is 0.340 e. The zero-order valence-corrected chi connectivity index (χ0v) is 41.7. The van der Waals surface area contributed by atoms with Crippen LogP contribution in [0.1, 0.15) is 79.6 Å². The van der Waals surface area contributed by atoms with E-state index in [-0.39, 0.29) is 6.61 Å². The van der Waals surface area contributed by atoms with E-state index in [0.717, 1.165) is 56.1 Å². The number of aliphatic hydroxyl groups excluding tert-OH is 10. The maximum absolute atomic E-state index is 12.7. The van der Waals surface area contributed by atoms with E-state index < -0.39 is 157 Å². The highest BCUT2D eigenvalue weighted by Crippen LogP contribution is 2.37. The van der Waals surface area contributed by atoms with E-state index >= 15 is 0 Å². The zero-order valence-electron chi connectivity index (χ0n) is 39.9. The second kappa shape index (κ2) is 28.5. The normalized spacial score (nSPS) is 39.7. The molecule has 0 saturated carbocycles. The van der Waals surface area contributed by atoms with Crippen LogP contribution in [-0.4, -0.2) is 234 Å². The molecule has 0 radical (unpaired) electrons. The smallest absolute Gasteiger partial charge is 0.340 e. The number of hydrogen-bond donors (Lipinski definition) is 11. The predicted octanol–water partition coefficient (Wildman–Crippen LogP) is -1.67. The third kappa shape index (κ3) is 15.4. The van der Waals surface area contributed by atoms with Crippen molar-refractivity contribution >= 4 is 26.2 Å². The molecule has 0 bridgehead atoms. The van der Waals surface area contributed by atoms with E-state index in [1.807, 2.05) is 11.8 Å². The second-order valence-electron chi connectivity index (χ2n) is 18.3. The molecule has 4 heterocycles. The number of unbranched alkanes of at least 4 members (excludes halogenated alkanes) is 5. The fraction of sp³-hybridized carbons (Fsp3) is 0.977. The van der Waals surface area contributed by atoms with Crippen LogP contribution < -0.4 is 5.32 Å².